The van der Waals surface area contributed by atoms with Crippen LogP contribution in [0.4, 0.5) is 4.39 Å². The number of nitrogens with one attached hydrogen (secondary N) is 1. The van der Waals surface area contributed by atoms with Crippen molar-refractivity contribution in [3.8, 4) is 0 Å². The smallest absolute Gasteiger partial charge is 0.241 e. The van der Waals surface area contributed by atoms with Gasteiger partial charge >= 0.3 is 0 Å². The van der Waals surface area contributed by atoms with E-state index >= 15 is 0 Å². The van der Waals surface area contributed by atoms with Crippen LogP contribution < -0.4 is 4.72 Å². The van der Waals surface area contributed by atoms with Gasteiger partial charge in [0, 0.05) is 6.54 Å². The van der Waals surface area contributed by atoms with E-state index in [0.717, 1.165) is 6.07 Å². The Balaban J connectivity index is 2.21. The van der Waals surface area contributed by atoms with E-state index in [4.69, 9.17) is 0 Å². The first kappa shape index (κ1) is 14.6. The summed E-state index contributed by atoms with van der Waals surface area (Å²) >= 11 is 0. The molecule has 2 aromatic rings. The fourth-order valence-corrected chi connectivity index (χ4v) is 3.01. The summed E-state index contributed by atoms with van der Waals surface area (Å²) in [5.74, 6) is -0.0853. The molecule has 0 saturated heterocycles. The predicted octanol–water partition coefficient (Wildman–Crippen LogP) is 1.22. The van der Waals surface area contributed by atoms with Crippen LogP contribution in [0.1, 0.15) is 18.3 Å². The highest BCUT2D eigenvalue weighted by Crippen LogP contribution is 2.16. The van der Waals surface area contributed by atoms with Gasteiger partial charge in [0.2, 0.25) is 10.0 Å². The van der Waals surface area contributed by atoms with Crippen molar-refractivity contribution in [2.75, 3.05) is 0 Å². The second kappa shape index (κ2) is 5.68. The molecule has 0 bridgehead atoms. The van der Waals surface area contributed by atoms with E-state index in [1.54, 1.807) is 11.5 Å². The van der Waals surface area contributed by atoms with E-state index in [-0.39, 0.29) is 11.4 Å². The maximum atomic E-state index is 13.2. The molecule has 0 saturated carbocycles. The molecule has 108 valence electrons. The van der Waals surface area contributed by atoms with Crippen molar-refractivity contribution in [3.05, 3.63) is 41.7 Å². The van der Waals surface area contributed by atoms with Crippen LogP contribution in [0.25, 0.3) is 0 Å². The van der Waals surface area contributed by atoms with Crippen molar-refractivity contribution >= 4 is 10.0 Å². The average molecular weight is 298 g/mol. The lowest BCUT2D eigenvalue weighted by molar-refractivity contribution is 0.571. The second-order valence-electron chi connectivity index (χ2n) is 4.27. The molecule has 0 radical (unpaired) electrons. The third-order valence-electron chi connectivity index (χ3n) is 2.90. The monoisotopic (exact) mass is 298 g/mol. The van der Waals surface area contributed by atoms with E-state index < -0.39 is 15.8 Å². The standard InChI is InChI=1S/C12H15FN4O2S/c1-3-17-8-14-16-12(17)7-15-20(18,19)11-6-10(13)5-4-9(11)2/h4-6,8,15H,3,7H2,1-2H3. The number of benzene rings is 1. The van der Waals surface area contributed by atoms with E-state index in [9.17, 15) is 12.8 Å². The van der Waals surface area contributed by atoms with Gasteiger partial charge in [0.1, 0.15) is 18.0 Å². The molecule has 0 aliphatic rings. The van der Waals surface area contributed by atoms with Crippen molar-refractivity contribution in [3.63, 3.8) is 0 Å². The largest absolute Gasteiger partial charge is 0.317 e. The highest BCUT2D eigenvalue weighted by atomic mass is 32.2. The van der Waals surface area contributed by atoms with Crippen LogP contribution in [0, 0.1) is 12.7 Å². The maximum Gasteiger partial charge on any atom is 0.241 e. The summed E-state index contributed by atoms with van der Waals surface area (Å²) < 4.78 is 41.6. The highest BCUT2D eigenvalue weighted by molar-refractivity contribution is 7.89. The summed E-state index contributed by atoms with van der Waals surface area (Å²) in [6, 6.07) is 3.66. The third-order valence-corrected chi connectivity index (χ3v) is 4.44. The van der Waals surface area contributed by atoms with Crippen LogP contribution in [0.2, 0.25) is 0 Å². The Kier molecular flexibility index (Phi) is 4.15. The van der Waals surface area contributed by atoms with Gasteiger partial charge in [-0.2, -0.15) is 0 Å². The molecule has 2 rings (SSSR count). The van der Waals surface area contributed by atoms with Gasteiger partial charge in [-0.1, -0.05) is 6.07 Å². The number of rotatable bonds is 5. The van der Waals surface area contributed by atoms with Crippen LogP contribution in [0.3, 0.4) is 0 Å². The van der Waals surface area contributed by atoms with Crippen LogP contribution >= 0.6 is 0 Å². The van der Waals surface area contributed by atoms with Gasteiger partial charge in [0.25, 0.3) is 0 Å². The number of hydrogen-bond donors (Lipinski definition) is 1. The zero-order valence-corrected chi connectivity index (χ0v) is 12.0. The van der Waals surface area contributed by atoms with E-state index in [0.29, 0.717) is 17.9 Å². The molecule has 0 unspecified atom stereocenters. The van der Waals surface area contributed by atoms with E-state index in [2.05, 4.69) is 14.9 Å². The Labute approximate surface area is 116 Å². The lowest BCUT2D eigenvalue weighted by Crippen LogP contribution is -2.25. The number of sulfonamides is 1. The van der Waals surface area contributed by atoms with E-state index in [1.165, 1.54) is 18.5 Å². The molecule has 0 amide bonds. The average Bonchev–Trinajstić information content (AvgIpc) is 2.86. The molecule has 1 N–H and O–H groups in total. The molecule has 0 aliphatic carbocycles. The van der Waals surface area contributed by atoms with Gasteiger partial charge in [-0.05, 0) is 31.5 Å². The Morgan fingerprint density at radius 3 is 2.85 bits per heavy atom. The van der Waals surface area contributed by atoms with Gasteiger partial charge in [-0.25, -0.2) is 17.5 Å². The first-order valence-corrected chi connectivity index (χ1v) is 7.55. The van der Waals surface area contributed by atoms with Crippen LogP contribution in [-0.4, -0.2) is 23.2 Å². The number of halogens is 1. The molecule has 0 atom stereocenters. The minimum absolute atomic E-state index is 0.00608. The Morgan fingerprint density at radius 2 is 2.15 bits per heavy atom. The van der Waals surface area contributed by atoms with Crippen LogP contribution in [-0.2, 0) is 23.1 Å². The summed E-state index contributed by atoms with van der Waals surface area (Å²) in [4.78, 5) is -0.0694. The predicted molar refractivity (Wildman–Crippen MR) is 70.9 cm³/mol. The SMILES string of the molecule is CCn1cnnc1CNS(=O)(=O)c1cc(F)ccc1C. The molecule has 1 heterocycles. The van der Waals surface area contributed by atoms with Gasteiger partial charge in [-0.15, -0.1) is 10.2 Å². The summed E-state index contributed by atoms with van der Waals surface area (Å²) in [5.41, 5.74) is 0.482. The van der Waals surface area contributed by atoms with Crippen molar-refractivity contribution in [1.29, 1.82) is 0 Å². The molecule has 0 fully saturated rings. The minimum atomic E-state index is -3.79. The molecule has 0 aliphatic heterocycles. The Bertz CT molecular complexity index is 712. The minimum Gasteiger partial charge on any atom is -0.317 e. The van der Waals surface area contributed by atoms with Gasteiger partial charge in [0.05, 0.1) is 11.4 Å². The molecule has 1 aromatic carbocycles. The molecular weight excluding hydrogens is 283 g/mol. The quantitative estimate of drug-likeness (QED) is 0.900. The number of nitrogens with zero attached hydrogens (tertiary/aromatic N) is 3. The fourth-order valence-electron chi connectivity index (χ4n) is 1.78. The third kappa shape index (κ3) is 3.02. The van der Waals surface area contributed by atoms with Gasteiger partial charge in [0.15, 0.2) is 0 Å². The maximum absolute atomic E-state index is 13.2. The van der Waals surface area contributed by atoms with E-state index in [1.807, 2.05) is 6.92 Å². The number of hydrogen-bond acceptors (Lipinski definition) is 4. The lowest BCUT2D eigenvalue weighted by atomic mass is 10.2. The Hall–Kier alpha value is -1.80. The zero-order chi connectivity index (χ0) is 14.8. The fraction of sp³-hybridized carbons (Fsp3) is 0.333. The highest BCUT2D eigenvalue weighted by Gasteiger charge is 2.18. The van der Waals surface area contributed by atoms with Crippen LogP contribution in [0.5, 0.6) is 0 Å². The van der Waals surface area contributed by atoms with Crippen molar-refractivity contribution in [2.45, 2.75) is 31.8 Å². The number of aryl methyl sites for hydroxylation is 2. The van der Waals surface area contributed by atoms with Crippen molar-refractivity contribution in [2.24, 2.45) is 0 Å². The molecule has 20 heavy (non-hydrogen) atoms. The van der Waals surface area contributed by atoms with Crippen molar-refractivity contribution < 1.29 is 12.8 Å². The summed E-state index contributed by atoms with van der Waals surface area (Å²) in [5, 5.41) is 7.55. The van der Waals surface area contributed by atoms with Gasteiger partial charge < -0.3 is 4.57 Å². The molecule has 0 spiro atoms. The lowest BCUT2D eigenvalue weighted by Gasteiger charge is -2.09. The summed E-state index contributed by atoms with van der Waals surface area (Å²) in [6.07, 6.45) is 1.52. The van der Waals surface area contributed by atoms with Crippen LogP contribution in [0.15, 0.2) is 29.4 Å². The molecule has 8 heteroatoms. The first-order chi connectivity index (χ1) is 9.44. The van der Waals surface area contributed by atoms with Crippen molar-refractivity contribution in [1.82, 2.24) is 19.5 Å². The molecule has 1 aromatic heterocycles. The summed E-state index contributed by atoms with van der Waals surface area (Å²) in [6.45, 7) is 4.16. The summed E-state index contributed by atoms with van der Waals surface area (Å²) in [7, 11) is -3.79. The molecular formula is C12H15FN4O2S. The first-order valence-electron chi connectivity index (χ1n) is 6.06. The normalized spacial score (nSPS) is 11.8. The second-order valence-corrected chi connectivity index (χ2v) is 6.00. The molecule has 6 nitrogen and oxygen atoms in total. The number of aromatic nitrogens is 3. The zero-order valence-electron chi connectivity index (χ0n) is 11.2. The van der Waals surface area contributed by atoms with Gasteiger partial charge in [-0.3, -0.25) is 0 Å². The topological polar surface area (TPSA) is 76.9 Å². The Morgan fingerprint density at radius 1 is 1.40 bits per heavy atom.